The Labute approximate surface area is 314 Å². The van der Waals surface area contributed by atoms with E-state index in [0.717, 1.165) is 57.1 Å². The Morgan fingerprint density at radius 3 is 2.52 bits per heavy atom. The van der Waals surface area contributed by atoms with Gasteiger partial charge in [0.1, 0.15) is 12.2 Å². The van der Waals surface area contributed by atoms with E-state index in [4.69, 9.17) is 9.73 Å². The third-order valence-electron chi connectivity index (χ3n) is 13.8. The molecule has 2 aromatic rings. The summed E-state index contributed by atoms with van der Waals surface area (Å²) in [7, 11) is 0. The van der Waals surface area contributed by atoms with Crippen LogP contribution in [0.4, 0.5) is 11.6 Å². The standard InChI is InChI=1S/C41H49N7O6/c1-40-10-9-34(50)41(2,22-49)33(40)15-32-30(21-48-12-11-42-39(48)44-32)31(40)8-5-25-14-29(54-38(25)53)13-24-3-6-28(7-4-24)43-35(51)16-36(52)45-37-26-17-46-19-27(37)20-47(18-26)23-46/h3-8,11-14,26-27,30-31,33-34,37,49-50H,9-10,15-23H2,1-2H3,(H,43,51)(H,45,52)/t26?,27?,30?,31?,33?,34-,37?,40-,41+/m1/s1. The molecule has 2 amide bonds. The van der Waals surface area contributed by atoms with Crippen molar-refractivity contribution in [3.05, 3.63) is 71.8 Å². The zero-order chi connectivity index (χ0) is 37.4. The van der Waals surface area contributed by atoms with Crippen LogP contribution in [0.25, 0.3) is 6.08 Å². The van der Waals surface area contributed by atoms with Gasteiger partial charge in [0.2, 0.25) is 17.8 Å². The summed E-state index contributed by atoms with van der Waals surface area (Å²) in [4.78, 5) is 53.0. The van der Waals surface area contributed by atoms with Crippen LogP contribution in [-0.4, -0.2) is 105 Å². The number of carbonyl (C=O) groups excluding carboxylic acids is 3. The number of benzene rings is 1. The van der Waals surface area contributed by atoms with Crippen LogP contribution in [0.3, 0.4) is 0 Å². The Morgan fingerprint density at radius 2 is 1.80 bits per heavy atom. The molecule has 10 rings (SSSR count). The first-order valence-corrected chi connectivity index (χ1v) is 19.3. The van der Waals surface area contributed by atoms with Crippen LogP contribution in [0, 0.1) is 40.4 Å². The second-order valence-corrected chi connectivity index (χ2v) is 17.2. The van der Waals surface area contributed by atoms with Gasteiger partial charge in [-0.3, -0.25) is 19.4 Å². The lowest BCUT2D eigenvalue weighted by Crippen LogP contribution is -2.71. The highest BCUT2D eigenvalue weighted by Crippen LogP contribution is 2.61. The fourth-order valence-corrected chi connectivity index (χ4v) is 11.0. The summed E-state index contributed by atoms with van der Waals surface area (Å²) in [5.74, 6) is 0.943. The molecule has 13 heteroatoms. The second kappa shape index (κ2) is 13.4. The molecular weight excluding hydrogens is 686 g/mol. The van der Waals surface area contributed by atoms with E-state index in [1.54, 1.807) is 30.5 Å². The number of aliphatic hydroxyl groups is 2. The molecule has 2 saturated carbocycles. The van der Waals surface area contributed by atoms with Gasteiger partial charge in [0.15, 0.2) is 0 Å². The van der Waals surface area contributed by atoms with Gasteiger partial charge in [-0.15, -0.1) is 0 Å². The van der Waals surface area contributed by atoms with Crippen molar-refractivity contribution in [3.8, 4) is 0 Å². The number of aliphatic imine (C=N–C) groups is 1. The molecule has 13 nitrogen and oxygen atoms in total. The number of rotatable bonds is 8. The molecule has 7 heterocycles. The Hall–Kier alpha value is -4.43. The third kappa shape index (κ3) is 6.15. The number of nitrogens with one attached hydrogen (secondary N) is 2. The van der Waals surface area contributed by atoms with Crippen molar-refractivity contribution < 1.29 is 29.3 Å². The Balaban J connectivity index is 0.864. The smallest absolute Gasteiger partial charge is 0.343 e. The van der Waals surface area contributed by atoms with E-state index in [1.165, 1.54) is 0 Å². The van der Waals surface area contributed by atoms with Crippen LogP contribution < -0.4 is 10.6 Å². The predicted molar refractivity (Wildman–Crippen MR) is 201 cm³/mol. The maximum atomic E-state index is 13.1. The molecule has 4 bridgehead atoms. The summed E-state index contributed by atoms with van der Waals surface area (Å²) < 4.78 is 7.72. The quantitative estimate of drug-likeness (QED) is 0.236. The van der Waals surface area contributed by atoms with Crippen molar-refractivity contribution in [1.29, 1.82) is 0 Å². The molecule has 284 valence electrons. The number of fused-ring (bicyclic) bond motifs is 3. The van der Waals surface area contributed by atoms with Crippen LogP contribution in [0.1, 0.15) is 45.1 Å². The summed E-state index contributed by atoms with van der Waals surface area (Å²) in [6, 6.07) is 7.31. The number of aromatic nitrogens is 2. The fraction of sp³-hybridized carbons (Fsp3) is 0.537. The number of nitrogens with zero attached hydrogens (tertiary/aromatic N) is 5. The predicted octanol–water partition coefficient (Wildman–Crippen LogP) is 3.11. The first kappa shape index (κ1) is 35.3. The minimum absolute atomic E-state index is 0.00620. The van der Waals surface area contributed by atoms with Gasteiger partial charge in [-0.05, 0) is 66.4 Å². The molecule has 8 aliphatic rings. The van der Waals surface area contributed by atoms with E-state index in [0.29, 0.717) is 47.6 Å². The Morgan fingerprint density at radius 1 is 1.06 bits per heavy atom. The summed E-state index contributed by atoms with van der Waals surface area (Å²) in [5.41, 5.74) is 1.90. The number of hydrogen-bond donors (Lipinski definition) is 4. The molecule has 1 aromatic heterocycles. The Bertz CT molecular complexity index is 1960. The van der Waals surface area contributed by atoms with Crippen LogP contribution >= 0.6 is 0 Å². The van der Waals surface area contributed by atoms with Gasteiger partial charge >= 0.3 is 5.97 Å². The molecule has 6 atom stereocenters. The number of piperidine rings is 2. The molecule has 6 fully saturated rings. The van der Waals surface area contributed by atoms with Crippen molar-refractivity contribution in [2.75, 3.05) is 44.8 Å². The number of aliphatic hydroxyl groups excluding tert-OH is 2. The van der Waals surface area contributed by atoms with Crippen molar-refractivity contribution in [2.24, 2.45) is 45.4 Å². The first-order chi connectivity index (χ1) is 26.0. The number of carbonyl (C=O) groups is 3. The molecule has 0 spiro atoms. The van der Waals surface area contributed by atoms with Gasteiger partial charge in [0, 0.05) is 85.7 Å². The van der Waals surface area contributed by atoms with Gasteiger partial charge in [-0.2, -0.15) is 0 Å². The number of ether oxygens (including phenoxy) is 1. The van der Waals surface area contributed by atoms with Crippen molar-refractivity contribution in [2.45, 2.75) is 58.2 Å². The normalized spacial score (nSPS) is 38.3. The average Bonchev–Trinajstić information content (AvgIpc) is 3.75. The molecule has 0 radical (unpaired) electrons. The lowest BCUT2D eigenvalue weighted by atomic mass is 9.45. The zero-order valence-corrected chi connectivity index (χ0v) is 30.9. The number of cyclic esters (lactones) is 1. The van der Waals surface area contributed by atoms with E-state index < -0.39 is 17.5 Å². The van der Waals surface area contributed by atoms with Crippen LogP contribution in [0.2, 0.25) is 0 Å². The van der Waals surface area contributed by atoms with Crippen molar-refractivity contribution in [1.82, 2.24) is 24.7 Å². The van der Waals surface area contributed by atoms with E-state index in [-0.39, 0.29) is 54.1 Å². The van der Waals surface area contributed by atoms with Gasteiger partial charge in [0.05, 0.1) is 25.0 Å². The fourth-order valence-electron chi connectivity index (χ4n) is 11.0. The van der Waals surface area contributed by atoms with Crippen molar-refractivity contribution >= 4 is 41.2 Å². The van der Waals surface area contributed by atoms with Gasteiger partial charge in [0.25, 0.3) is 0 Å². The molecule has 6 aliphatic heterocycles. The number of hydrogen-bond acceptors (Lipinski definition) is 10. The largest absolute Gasteiger partial charge is 0.423 e. The number of esters is 1. The molecule has 4 saturated heterocycles. The second-order valence-electron chi connectivity index (χ2n) is 17.2. The summed E-state index contributed by atoms with van der Waals surface area (Å²) >= 11 is 0. The first-order valence-electron chi connectivity index (χ1n) is 19.3. The molecule has 54 heavy (non-hydrogen) atoms. The Kier molecular flexibility index (Phi) is 8.75. The van der Waals surface area contributed by atoms with Crippen LogP contribution in [0.15, 0.2) is 71.2 Å². The van der Waals surface area contributed by atoms with Gasteiger partial charge < -0.3 is 30.2 Å². The van der Waals surface area contributed by atoms with E-state index >= 15 is 0 Å². The molecular formula is C41H49N7O6. The van der Waals surface area contributed by atoms with Crippen molar-refractivity contribution in [3.63, 3.8) is 0 Å². The third-order valence-corrected chi connectivity index (χ3v) is 13.8. The van der Waals surface area contributed by atoms with Gasteiger partial charge in [-0.1, -0.05) is 38.1 Å². The van der Waals surface area contributed by atoms with Crippen LogP contribution in [-0.2, 0) is 25.7 Å². The highest BCUT2D eigenvalue weighted by Gasteiger charge is 2.60. The number of allylic oxidation sites excluding steroid dienone is 2. The SMILES string of the molecule is C[C@]12CC[C@@H](O)[C@@](C)(CO)C1CC1=Nc3nccn3CC1C2C=CC1=CC(=Cc2ccc(NC(=O)CC(=O)NC3C4CN5CC3CN(C4)C5)cc2)OC1=O. The highest BCUT2D eigenvalue weighted by molar-refractivity contribution is 6.03. The molecule has 1 aromatic carbocycles. The number of amides is 2. The maximum Gasteiger partial charge on any atom is 0.343 e. The van der Waals surface area contributed by atoms with E-state index in [2.05, 4.69) is 43.0 Å². The lowest BCUT2D eigenvalue weighted by Gasteiger charge is -2.61. The lowest BCUT2D eigenvalue weighted by molar-refractivity contribution is -0.147. The van der Waals surface area contributed by atoms with Crippen LogP contribution in [0.5, 0.6) is 0 Å². The highest BCUT2D eigenvalue weighted by atomic mass is 16.5. The number of anilines is 1. The minimum Gasteiger partial charge on any atom is -0.423 e. The summed E-state index contributed by atoms with van der Waals surface area (Å²) in [6.07, 6.45) is 12.4. The molecule has 4 N–H and O–H groups in total. The summed E-state index contributed by atoms with van der Waals surface area (Å²) in [6.45, 7) is 9.90. The summed E-state index contributed by atoms with van der Waals surface area (Å²) in [5, 5.41) is 27.7. The molecule has 2 aliphatic carbocycles. The zero-order valence-electron chi connectivity index (χ0n) is 30.9. The van der Waals surface area contributed by atoms with Gasteiger partial charge in [-0.25, -0.2) is 14.8 Å². The average molecular weight is 736 g/mol. The maximum absolute atomic E-state index is 13.1. The van der Waals surface area contributed by atoms with E-state index in [1.807, 2.05) is 31.3 Å². The topological polar surface area (TPSA) is 162 Å². The van der Waals surface area contributed by atoms with E-state index in [9.17, 15) is 24.6 Å². The monoisotopic (exact) mass is 735 g/mol. The minimum atomic E-state index is -0.681. The number of imidazole rings is 1. The molecule has 3 unspecified atom stereocenters.